The smallest absolute Gasteiger partial charge is 0.232 e. The Morgan fingerprint density at radius 3 is 2.80 bits per heavy atom. The predicted octanol–water partition coefficient (Wildman–Crippen LogP) is -0.872. The number of hydrogen-bond acceptors (Lipinski definition) is 5. The molecule has 8 heteroatoms. The zero-order valence-electron chi connectivity index (χ0n) is 8.44. The molecule has 0 aliphatic heterocycles. The molecule has 1 amide bonds. The summed E-state index contributed by atoms with van der Waals surface area (Å²) in [5, 5.41) is 15.6. The molecule has 7 nitrogen and oxygen atoms in total. The lowest BCUT2D eigenvalue weighted by Gasteiger charge is -2.21. The first-order valence-corrected chi connectivity index (χ1v) is 4.66. The molecule has 0 saturated heterocycles. The molecule has 82 valence electrons. The number of nitrogens with two attached hydrogens (primary N) is 1. The molecule has 0 unspecified atom stereocenters. The number of aromatic nitrogens is 4. The summed E-state index contributed by atoms with van der Waals surface area (Å²) in [6.45, 7) is 3.50. The van der Waals surface area contributed by atoms with Gasteiger partial charge in [-0.15, -0.1) is 10.2 Å². The van der Waals surface area contributed by atoms with E-state index in [1.54, 1.807) is 13.8 Å². The fourth-order valence-electron chi connectivity index (χ4n) is 0.750. The quantitative estimate of drug-likeness (QED) is 0.578. The number of hydrogen-bond donors (Lipinski definition) is 3. The van der Waals surface area contributed by atoms with E-state index in [2.05, 4.69) is 25.9 Å². The Morgan fingerprint density at radius 1 is 1.67 bits per heavy atom. The number of thiocarbonyl (C=S) groups is 1. The highest BCUT2D eigenvalue weighted by atomic mass is 32.1. The van der Waals surface area contributed by atoms with Crippen LogP contribution in [0.2, 0.25) is 0 Å². The first-order chi connectivity index (χ1) is 6.94. The van der Waals surface area contributed by atoms with Gasteiger partial charge in [0.1, 0.15) is 0 Å². The van der Waals surface area contributed by atoms with Gasteiger partial charge >= 0.3 is 0 Å². The lowest BCUT2D eigenvalue weighted by Crippen LogP contribution is -2.44. The van der Waals surface area contributed by atoms with Gasteiger partial charge in [0.05, 0.1) is 16.9 Å². The van der Waals surface area contributed by atoms with Crippen LogP contribution in [0.4, 0.5) is 0 Å². The minimum atomic E-state index is -0.876. The van der Waals surface area contributed by atoms with Crippen molar-refractivity contribution in [1.29, 1.82) is 0 Å². The summed E-state index contributed by atoms with van der Waals surface area (Å²) in [4.78, 5) is 11.8. The Morgan fingerprint density at radius 2 is 2.33 bits per heavy atom. The van der Waals surface area contributed by atoms with Crippen LogP contribution in [0, 0.1) is 5.41 Å². The summed E-state index contributed by atoms with van der Waals surface area (Å²) in [5.74, 6) is 0.141. The largest absolute Gasteiger partial charge is 0.392 e. The summed E-state index contributed by atoms with van der Waals surface area (Å²) in [5.41, 5.74) is 4.57. The van der Waals surface area contributed by atoms with Crippen molar-refractivity contribution in [1.82, 2.24) is 25.9 Å². The molecule has 0 saturated carbocycles. The standard InChI is InChI=1S/C7H12N6OS/c1-7(2,5(8)15)6(14)9-3-4-10-12-13-11-4/h3H2,1-2H3,(H2,8,15)(H,9,14)(H,10,11,12,13). The van der Waals surface area contributed by atoms with Crippen molar-refractivity contribution in [2.45, 2.75) is 20.4 Å². The molecular formula is C7H12N6OS. The van der Waals surface area contributed by atoms with Gasteiger partial charge in [-0.25, -0.2) is 0 Å². The molecule has 0 radical (unpaired) electrons. The van der Waals surface area contributed by atoms with Gasteiger partial charge in [-0.05, 0) is 13.8 Å². The van der Waals surface area contributed by atoms with Crippen molar-refractivity contribution in [2.75, 3.05) is 0 Å². The lowest BCUT2D eigenvalue weighted by atomic mass is 9.92. The molecular weight excluding hydrogens is 216 g/mol. The lowest BCUT2D eigenvalue weighted by molar-refractivity contribution is -0.126. The summed E-state index contributed by atoms with van der Waals surface area (Å²) in [6.07, 6.45) is 0. The fourth-order valence-corrected chi connectivity index (χ4v) is 0.842. The minimum absolute atomic E-state index is 0.146. The third-order valence-electron chi connectivity index (χ3n) is 1.98. The van der Waals surface area contributed by atoms with Crippen molar-refractivity contribution in [3.8, 4) is 0 Å². The van der Waals surface area contributed by atoms with Crippen LogP contribution in [-0.4, -0.2) is 31.5 Å². The predicted molar refractivity (Wildman–Crippen MR) is 56.6 cm³/mol. The summed E-state index contributed by atoms with van der Waals surface area (Å²) in [6, 6.07) is 0. The molecule has 0 atom stereocenters. The Hall–Kier alpha value is -1.57. The van der Waals surface area contributed by atoms with Crippen LogP contribution in [0.3, 0.4) is 0 Å². The molecule has 1 rings (SSSR count). The van der Waals surface area contributed by atoms with E-state index in [-0.39, 0.29) is 17.4 Å². The van der Waals surface area contributed by atoms with Crippen LogP contribution >= 0.6 is 12.2 Å². The van der Waals surface area contributed by atoms with Gasteiger partial charge in [0.25, 0.3) is 0 Å². The highest BCUT2D eigenvalue weighted by Crippen LogP contribution is 2.15. The van der Waals surface area contributed by atoms with Crippen molar-refractivity contribution in [2.24, 2.45) is 11.1 Å². The maximum Gasteiger partial charge on any atom is 0.232 e. The van der Waals surface area contributed by atoms with Crippen LogP contribution in [-0.2, 0) is 11.3 Å². The highest BCUT2D eigenvalue weighted by molar-refractivity contribution is 7.80. The van der Waals surface area contributed by atoms with Gasteiger partial charge in [-0.2, -0.15) is 5.21 Å². The average Bonchev–Trinajstić information content (AvgIpc) is 2.66. The van der Waals surface area contributed by atoms with Gasteiger partial charge in [-0.1, -0.05) is 17.4 Å². The van der Waals surface area contributed by atoms with E-state index in [0.29, 0.717) is 5.82 Å². The van der Waals surface area contributed by atoms with Gasteiger partial charge in [0, 0.05) is 0 Å². The van der Waals surface area contributed by atoms with Gasteiger partial charge in [0.2, 0.25) is 5.91 Å². The third kappa shape index (κ3) is 2.69. The number of rotatable bonds is 4. The van der Waals surface area contributed by atoms with Crippen LogP contribution in [0.1, 0.15) is 19.7 Å². The van der Waals surface area contributed by atoms with E-state index in [4.69, 9.17) is 18.0 Å². The zero-order chi connectivity index (χ0) is 11.5. The maximum atomic E-state index is 11.6. The molecule has 1 heterocycles. The molecule has 0 aromatic carbocycles. The van der Waals surface area contributed by atoms with Crippen molar-refractivity contribution < 1.29 is 4.79 Å². The third-order valence-corrected chi connectivity index (χ3v) is 2.49. The van der Waals surface area contributed by atoms with E-state index >= 15 is 0 Å². The van der Waals surface area contributed by atoms with Gasteiger partial charge in [0.15, 0.2) is 5.82 Å². The number of nitrogens with zero attached hydrogens (tertiary/aromatic N) is 3. The fraction of sp³-hybridized carbons (Fsp3) is 0.571. The number of carbonyl (C=O) groups excluding carboxylic acids is 1. The molecule has 1 aromatic heterocycles. The normalized spacial score (nSPS) is 11.1. The van der Waals surface area contributed by atoms with Crippen molar-refractivity contribution >= 4 is 23.1 Å². The molecule has 15 heavy (non-hydrogen) atoms. The van der Waals surface area contributed by atoms with E-state index < -0.39 is 5.41 Å². The summed E-state index contributed by atoms with van der Waals surface area (Å²) < 4.78 is 0. The van der Waals surface area contributed by atoms with Crippen molar-refractivity contribution in [3.63, 3.8) is 0 Å². The van der Waals surface area contributed by atoms with E-state index in [9.17, 15) is 4.79 Å². The van der Waals surface area contributed by atoms with Gasteiger partial charge in [-0.3, -0.25) is 4.79 Å². The van der Waals surface area contributed by atoms with Crippen LogP contribution in [0.25, 0.3) is 0 Å². The summed E-state index contributed by atoms with van der Waals surface area (Å²) in [7, 11) is 0. The molecule has 1 aromatic rings. The van der Waals surface area contributed by atoms with E-state index in [1.807, 2.05) is 0 Å². The molecule has 0 spiro atoms. The number of tetrazole rings is 1. The minimum Gasteiger partial charge on any atom is -0.392 e. The number of nitrogens with one attached hydrogen (secondary N) is 2. The molecule has 0 fully saturated rings. The van der Waals surface area contributed by atoms with Crippen LogP contribution in [0.15, 0.2) is 0 Å². The number of aromatic amines is 1. The SMILES string of the molecule is CC(C)(C(=O)NCc1nn[nH]n1)C(N)=S. The number of carbonyl (C=O) groups is 1. The monoisotopic (exact) mass is 228 g/mol. The first-order valence-electron chi connectivity index (χ1n) is 4.25. The Kier molecular flexibility index (Phi) is 3.30. The van der Waals surface area contributed by atoms with E-state index in [1.165, 1.54) is 0 Å². The molecule has 0 bridgehead atoms. The molecule has 0 aliphatic carbocycles. The first kappa shape index (κ1) is 11.5. The zero-order valence-corrected chi connectivity index (χ0v) is 9.26. The number of amides is 1. The van der Waals surface area contributed by atoms with Crippen LogP contribution < -0.4 is 11.1 Å². The maximum absolute atomic E-state index is 11.6. The number of H-pyrrole nitrogens is 1. The Balaban J connectivity index is 2.53. The second kappa shape index (κ2) is 4.30. The topological polar surface area (TPSA) is 110 Å². The highest BCUT2D eigenvalue weighted by Gasteiger charge is 2.30. The van der Waals surface area contributed by atoms with Gasteiger partial charge < -0.3 is 11.1 Å². The second-order valence-corrected chi connectivity index (χ2v) is 3.94. The van der Waals surface area contributed by atoms with Crippen LogP contribution in [0.5, 0.6) is 0 Å². The van der Waals surface area contributed by atoms with Crippen molar-refractivity contribution in [3.05, 3.63) is 5.82 Å². The Bertz CT molecular complexity index is 360. The van der Waals surface area contributed by atoms with E-state index in [0.717, 1.165) is 0 Å². The average molecular weight is 228 g/mol. The molecule has 4 N–H and O–H groups in total. The molecule has 0 aliphatic rings. The second-order valence-electron chi connectivity index (χ2n) is 3.50. The Labute approximate surface area is 91.8 Å². The summed E-state index contributed by atoms with van der Waals surface area (Å²) >= 11 is 4.79.